The Bertz CT molecular complexity index is 672. The van der Waals surface area contributed by atoms with Gasteiger partial charge in [0, 0.05) is 36.1 Å². The maximum Gasteiger partial charge on any atom is 0.205 e. The third kappa shape index (κ3) is 3.80. The van der Waals surface area contributed by atoms with Crippen molar-refractivity contribution in [1.29, 1.82) is 0 Å². The molecule has 1 saturated heterocycles. The first kappa shape index (κ1) is 17.0. The summed E-state index contributed by atoms with van der Waals surface area (Å²) in [5.74, 6) is 1.84. The van der Waals surface area contributed by atoms with Gasteiger partial charge in [0.1, 0.15) is 11.6 Å². The van der Waals surface area contributed by atoms with Gasteiger partial charge in [0.05, 0.1) is 12.8 Å². The molecular formula is C18H26N4OS. The molecule has 1 N–H and O–H groups in total. The molecule has 2 aromatic rings. The van der Waals surface area contributed by atoms with E-state index in [2.05, 4.69) is 41.4 Å². The second-order valence-corrected chi connectivity index (χ2v) is 7.99. The van der Waals surface area contributed by atoms with Gasteiger partial charge in [-0.2, -0.15) is 4.37 Å². The minimum atomic E-state index is 0.0124. The van der Waals surface area contributed by atoms with Crippen LogP contribution in [-0.4, -0.2) is 35.6 Å². The Hall–Kier alpha value is -1.82. The zero-order valence-corrected chi connectivity index (χ0v) is 15.7. The number of aromatic nitrogens is 2. The van der Waals surface area contributed by atoms with E-state index in [1.165, 1.54) is 11.5 Å². The number of nitrogens with one attached hydrogen (secondary N) is 1. The molecule has 1 fully saturated rings. The lowest BCUT2D eigenvalue weighted by Crippen LogP contribution is -2.39. The minimum absolute atomic E-state index is 0.0124. The number of anilines is 2. The van der Waals surface area contributed by atoms with Gasteiger partial charge >= 0.3 is 0 Å². The van der Waals surface area contributed by atoms with Crippen LogP contribution in [0.4, 0.5) is 10.8 Å². The van der Waals surface area contributed by atoms with E-state index in [1.807, 2.05) is 18.2 Å². The molecule has 1 aliphatic heterocycles. The van der Waals surface area contributed by atoms with Crippen LogP contribution in [0.2, 0.25) is 0 Å². The number of benzene rings is 1. The molecule has 0 saturated carbocycles. The third-order valence-electron chi connectivity index (χ3n) is 4.32. The van der Waals surface area contributed by atoms with Gasteiger partial charge in [0.2, 0.25) is 5.13 Å². The van der Waals surface area contributed by atoms with Gasteiger partial charge in [-0.15, -0.1) is 0 Å². The molecule has 3 rings (SSSR count). The van der Waals surface area contributed by atoms with Gasteiger partial charge < -0.3 is 15.0 Å². The quantitative estimate of drug-likeness (QED) is 0.909. The molecule has 0 atom stereocenters. The van der Waals surface area contributed by atoms with Crippen molar-refractivity contribution in [2.45, 2.75) is 45.1 Å². The highest BCUT2D eigenvalue weighted by Crippen LogP contribution is 2.29. The number of ether oxygens (including phenoxy) is 1. The first-order valence-electron chi connectivity index (χ1n) is 8.46. The van der Waals surface area contributed by atoms with Crippen LogP contribution in [0.1, 0.15) is 39.4 Å². The largest absolute Gasteiger partial charge is 0.495 e. The summed E-state index contributed by atoms with van der Waals surface area (Å²) in [4.78, 5) is 7.09. The number of hydrogen-bond acceptors (Lipinski definition) is 6. The number of nitrogens with zero attached hydrogens (tertiary/aromatic N) is 3. The van der Waals surface area contributed by atoms with E-state index in [9.17, 15) is 0 Å². The van der Waals surface area contributed by atoms with Crippen molar-refractivity contribution in [2.75, 3.05) is 30.4 Å². The van der Waals surface area contributed by atoms with Crippen molar-refractivity contribution < 1.29 is 4.74 Å². The lowest BCUT2D eigenvalue weighted by atomic mass is 9.96. The molecule has 0 bridgehead atoms. The van der Waals surface area contributed by atoms with E-state index in [0.29, 0.717) is 6.04 Å². The molecule has 1 aromatic carbocycles. The van der Waals surface area contributed by atoms with E-state index in [0.717, 1.165) is 48.3 Å². The van der Waals surface area contributed by atoms with Crippen LogP contribution in [0.3, 0.4) is 0 Å². The predicted octanol–water partition coefficient (Wildman–Crippen LogP) is 3.93. The zero-order valence-electron chi connectivity index (χ0n) is 14.9. The molecule has 0 amide bonds. The van der Waals surface area contributed by atoms with Gasteiger partial charge in [0.25, 0.3) is 0 Å². The maximum absolute atomic E-state index is 5.42. The van der Waals surface area contributed by atoms with Gasteiger partial charge in [-0.05, 0) is 25.0 Å². The van der Waals surface area contributed by atoms with Crippen LogP contribution >= 0.6 is 11.5 Å². The second kappa shape index (κ2) is 6.97. The summed E-state index contributed by atoms with van der Waals surface area (Å²) >= 11 is 1.52. The second-order valence-electron chi connectivity index (χ2n) is 7.26. The molecule has 2 heterocycles. The average molecular weight is 347 g/mol. The minimum Gasteiger partial charge on any atom is -0.495 e. The van der Waals surface area contributed by atoms with Gasteiger partial charge in [-0.3, -0.25) is 0 Å². The summed E-state index contributed by atoms with van der Waals surface area (Å²) in [6.07, 6.45) is 2.17. The van der Waals surface area contributed by atoms with Crippen LogP contribution in [0.5, 0.6) is 5.75 Å². The fourth-order valence-corrected chi connectivity index (χ4v) is 3.76. The summed E-state index contributed by atoms with van der Waals surface area (Å²) < 4.78 is 9.95. The summed E-state index contributed by atoms with van der Waals surface area (Å²) in [5.41, 5.74) is 1.09. The highest BCUT2D eigenvalue weighted by Gasteiger charge is 2.25. The SMILES string of the molecule is COc1ccccc1NC1CCN(c2nc(C(C)(C)C)ns2)CC1. The molecule has 5 nitrogen and oxygen atoms in total. The van der Waals surface area contributed by atoms with E-state index in [4.69, 9.17) is 9.72 Å². The fourth-order valence-electron chi connectivity index (χ4n) is 2.85. The van der Waals surface area contributed by atoms with E-state index in [1.54, 1.807) is 7.11 Å². The number of hydrogen-bond donors (Lipinski definition) is 1. The lowest BCUT2D eigenvalue weighted by Gasteiger charge is -2.32. The van der Waals surface area contributed by atoms with E-state index >= 15 is 0 Å². The molecule has 1 aromatic heterocycles. The molecule has 130 valence electrons. The Morgan fingerprint density at radius 1 is 1.21 bits per heavy atom. The normalized spacial score (nSPS) is 16.2. The van der Waals surface area contributed by atoms with Crippen molar-refractivity contribution in [2.24, 2.45) is 0 Å². The smallest absolute Gasteiger partial charge is 0.205 e. The maximum atomic E-state index is 5.42. The zero-order chi connectivity index (χ0) is 17.2. The summed E-state index contributed by atoms with van der Waals surface area (Å²) in [5, 5.41) is 4.67. The monoisotopic (exact) mass is 346 g/mol. The molecule has 1 aliphatic rings. The molecule has 0 aliphatic carbocycles. The van der Waals surface area contributed by atoms with Crippen molar-refractivity contribution in [3.8, 4) is 5.75 Å². The van der Waals surface area contributed by atoms with Crippen molar-refractivity contribution in [1.82, 2.24) is 9.36 Å². The summed E-state index contributed by atoms with van der Waals surface area (Å²) in [6, 6.07) is 8.56. The van der Waals surface area contributed by atoms with E-state index < -0.39 is 0 Å². The van der Waals surface area contributed by atoms with Crippen LogP contribution in [0.15, 0.2) is 24.3 Å². The van der Waals surface area contributed by atoms with Crippen LogP contribution in [-0.2, 0) is 5.41 Å². The Morgan fingerprint density at radius 3 is 2.54 bits per heavy atom. The molecule has 0 unspecified atom stereocenters. The number of rotatable bonds is 4. The van der Waals surface area contributed by atoms with Crippen molar-refractivity contribution in [3.05, 3.63) is 30.1 Å². The Morgan fingerprint density at radius 2 is 1.92 bits per heavy atom. The first-order chi connectivity index (χ1) is 11.5. The predicted molar refractivity (Wildman–Crippen MR) is 100 cm³/mol. The average Bonchev–Trinajstić information content (AvgIpc) is 3.06. The standard InChI is InChI=1S/C18H26N4OS/c1-18(2,3)16-20-17(24-21-16)22-11-9-13(10-12-22)19-14-7-5-6-8-15(14)23-4/h5-8,13,19H,9-12H2,1-4H3. The van der Waals surface area contributed by atoms with Crippen molar-refractivity contribution in [3.63, 3.8) is 0 Å². The van der Waals surface area contributed by atoms with Crippen LogP contribution in [0, 0.1) is 0 Å². The number of para-hydroxylation sites is 2. The Balaban J connectivity index is 1.59. The first-order valence-corrected chi connectivity index (χ1v) is 9.23. The highest BCUT2D eigenvalue weighted by atomic mass is 32.1. The Labute approximate surface area is 148 Å². The topological polar surface area (TPSA) is 50.3 Å². The van der Waals surface area contributed by atoms with Gasteiger partial charge in [-0.25, -0.2) is 4.98 Å². The molecule has 6 heteroatoms. The van der Waals surface area contributed by atoms with Crippen LogP contribution < -0.4 is 15.0 Å². The van der Waals surface area contributed by atoms with E-state index in [-0.39, 0.29) is 5.41 Å². The molecule has 24 heavy (non-hydrogen) atoms. The number of methoxy groups -OCH3 is 1. The molecular weight excluding hydrogens is 320 g/mol. The Kier molecular flexibility index (Phi) is 4.94. The lowest BCUT2D eigenvalue weighted by molar-refractivity contribution is 0.415. The van der Waals surface area contributed by atoms with Crippen LogP contribution in [0.25, 0.3) is 0 Å². The fraction of sp³-hybridized carbons (Fsp3) is 0.556. The van der Waals surface area contributed by atoms with Gasteiger partial charge in [-0.1, -0.05) is 32.9 Å². The number of piperidine rings is 1. The summed E-state index contributed by atoms with van der Waals surface area (Å²) in [7, 11) is 1.71. The van der Waals surface area contributed by atoms with Crippen molar-refractivity contribution >= 4 is 22.4 Å². The van der Waals surface area contributed by atoms with Gasteiger partial charge in [0.15, 0.2) is 0 Å². The third-order valence-corrected chi connectivity index (χ3v) is 5.10. The molecule has 0 spiro atoms. The highest BCUT2D eigenvalue weighted by molar-refractivity contribution is 7.09. The summed E-state index contributed by atoms with van der Waals surface area (Å²) in [6.45, 7) is 8.48. The molecule has 0 radical (unpaired) electrons.